The van der Waals surface area contributed by atoms with Crippen LogP contribution in [0.15, 0.2) is 33.5 Å². The van der Waals surface area contributed by atoms with E-state index < -0.39 is 0 Å². The molecule has 3 aromatic rings. The van der Waals surface area contributed by atoms with Crippen LogP contribution in [0.3, 0.4) is 0 Å². The van der Waals surface area contributed by atoms with Gasteiger partial charge in [-0.05, 0) is 58.2 Å². The highest BCUT2D eigenvalue weighted by Gasteiger charge is 2.31. The molecule has 2 aromatic carbocycles. The number of fused-ring (bicyclic) bond motifs is 3. The first kappa shape index (κ1) is 24.4. The number of hydrogen-bond acceptors (Lipinski definition) is 7. The second-order valence-electron chi connectivity index (χ2n) is 9.30. The number of aryl methyl sites for hydroxylation is 2. The van der Waals surface area contributed by atoms with E-state index in [1.807, 2.05) is 26.8 Å². The van der Waals surface area contributed by atoms with Crippen molar-refractivity contribution in [3.63, 3.8) is 0 Å². The zero-order valence-electron chi connectivity index (χ0n) is 21.0. The lowest BCUT2D eigenvalue weighted by Crippen LogP contribution is -2.33. The summed E-state index contributed by atoms with van der Waals surface area (Å²) >= 11 is 0. The highest BCUT2D eigenvalue weighted by Crippen LogP contribution is 2.43. The standard InChI is InChI=1S/C27H31NO7/c1-15-16(2)26(30)34-25-19-9-10-27(3,4)35-21(19)12-22(24(15)25)33-14-23(29)28-13-17-7-8-18(31-5)11-20(17)32-6/h7-8,11-12H,9-10,13-14H2,1-6H3,(H,28,29). The van der Waals surface area contributed by atoms with Crippen LogP contribution in [0.4, 0.5) is 0 Å². The summed E-state index contributed by atoms with van der Waals surface area (Å²) in [7, 11) is 3.15. The first-order chi connectivity index (χ1) is 16.6. The van der Waals surface area contributed by atoms with E-state index in [1.165, 1.54) is 0 Å². The van der Waals surface area contributed by atoms with Crippen LogP contribution in [-0.2, 0) is 17.8 Å². The SMILES string of the molecule is COc1ccc(CNC(=O)COc2cc3c(c4oc(=O)c(C)c(C)c24)CCC(C)(C)O3)c(OC)c1. The van der Waals surface area contributed by atoms with Crippen LogP contribution in [0.2, 0.25) is 0 Å². The van der Waals surface area contributed by atoms with Gasteiger partial charge in [0.1, 0.15) is 34.2 Å². The Bertz CT molecular complexity index is 1340. The zero-order chi connectivity index (χ0) is 25.3. The molecule has 0 fully saturated rings. The number of carbonyl (C=O) groups excluding carboxylic acids is 1. The van der Waals surface area contributed by atoms with Crippen molar-refractivity contribution in [3.05, 3.63) is 56.9 Å². The van der Waals surface area contributed by atoms with Crippen molar-refractivity contribution in [3.8, 4) is 23.0 Å². The van der Waals surface area contributed by atoms with Gasteiger partial charge in [-0.25, -0.2) is 4.79 Å². The summed E-state index contributed by atoms with van der Waals surface area (Å²) < 4.78 is 28.4. The number of methoxy groups -OCH3 is 2. The summed E-state index contributed by atoms with van der Waals surface area (Å²) in [5.41, 5.74) is 2.66. The fourth-order valence-electron chi connectivity index (χ4n) is 4.23. The van der Waals surface area contributed by atoms with Gasteiger partial charge in [-0.15, -0.1) is 0 Å². The van der Waals surface area contributed by atoms with Crippen molar-refractivity contribution in [2.24, 2.45) is 0 Å². The van der Waals surface area contributed by atoms with Crippen LogP contribution < -0.4 is 29.9 Å². The average molecular weight is 482 g/mol. The molecule has 35 heavy (non-hydrogen) atoms. The third-order valence-corrected chi connectivity index (χ3v) is 6.44. The molecule has 1 aliphatic heterocycles. The Morgan fingerprint density at radius 2 is 1.86 bits per heavy atom. The monoisotopic (exact) mass is 481 g/mol. The van der Waals surface area contributed by atoms with Crippen LogP contribution in [0.5, 0.6) is 23.0 Å². The molecule has 0 bridgehead atoms. The number of amides is 1. The molecule has 1 amide bonds. The van der Waals surface area contributed by atoms with Crippen molar-refractivity contribution in [1.82, 2.24) is 5.32 Å². The molecule has 186 valence electrons. The van der Waals surface area contributed by atoms with Crippen molar-refractivity contribution in [2.45, 2.75) is 52.7 Å². The molecule has 1 aliphatic rings. The Labute approximate surface area is 204 Å². The molecule has 8 heteroatoms. The van der Waals surface area contributed by atoms with Gasteiger partial charge in [0.25, 0.3) is 5.91 Å². The molecule has 4 rings (SSSR count). The highest BCUT2D eigenvalue weighted by atomic mass is 16.5. The number of carbonyl (C=O) groups is 1. The second-order valence-corrected chi connectivity index (χ2v) is 9.30. The van der Waals surface area contributed by atoms with Crippen molar-refractivity contribution >= 4 is 16.9 Å². The number of nitrogens with one attached hydrogen (secondary N) is 1. The summed E-state index contributed by atoms with van der Waals surface area (Å²) in [6, 6.07) is 7.20. The number of rotatable bonds is 7. The predicted molar refractivity (Wildman–Crippen MR) is 132 cm³/mol. The van der Waals surface area contributed by atoms with E-state index in [9.17, 15) is 9.59 Å². The van der Waals surface area contributed by atoms with Crippen LogP contribution in [0.25, 0.3) is 11.0 Å². The van der Waals surface area contributed by atoms with Gasteiger partial charge < -0.3 is 28.7 Å². The average Bonchev–Trinajstić information content (AvgIpc) is 2.83. The van der Waals surface area contributed by atoms with Gasteiger partial charge in [-0.1, -0.05) is 0 Å². The summed E-state index contributed by atoms with van der Waals surface area (Å²) in [4.78, 5) is 25.1. The lowest BCUT2D eigenvalue weighted by Gasteiger charge is -2.33. The summed E-state index contributed by atoms with van der Waals surface area (Å²) in [5, 5.41) is 3.54. The molecule has 0 aliphatic carbocycles. The van der Waals surface area contributed by atoms with E-state index in [4.69, 9.17) is 23.4 Å². The Morgan fingerprint density at radius 1 is 1.09 bits per heavy atom. The molecule has 0 radical (unpaired) electrons. The molecule has 1 aromatic heterocycles. The number of ether oxygens (including phenoxy) is 4. The van der Waals surface area contributed by atoms with Gasteiger partial charge in [0.05, 0.1) is 19.6 Å². The Morgan fingerprint density at radius 3 is 2.57 bits per heavy atom. The molecular weight excluding hydrogens is 450 g/mol. The minimum atomic E-state index is -0.384. The van der Waals surface area contributed by atoms with Crippen molar-refractivity contribution in [1.29, 1.82) is 0 Å². The maximum absolute atomic E-state index is 12.6. The molecule has 0 unspecified atom stereocenters. The number of hydrogen-bond donors (Lipinski definition) is 1. The fourth-order valence-corrected chi connectivity index (χ4v) is 4.23. The van der Waals surface area contributed by atoms with Crippen molar-refractivity contribution in [2.75, 3.05) is 20.8 Å². The first-order valence-electron chi connectivity index (χ1n) is 11.5. The van der Waals surface area contributed by atoms with Gasteiger partial charge >= 0.3 is 5.63 Å². The van der Waals surface area contributed by atoms with Gasteiger partial charge in [-0.3, -0.25) is 4.79 Å². The maximum atomic E-state index is 12.6. The minimum absolute atomic E-state index is 0.215. The fraction of sp³-hybridized carbons (Fsp3) is 0.407. The van der Waals surface area contributed by atoms with Gasteiger partial charge in [0, 0.05) is 35.4 Å². The summed E-state index contributed by atoms with van der Waals surface area (Å²) in [5.74, 6) is 2.03. The first-order valence-corrected chi connectivity index (χ1v) is 11.5. The highest BCUT2D eigenvalue weighted by molar-refractivity contribution is 5.92. The molecule has 0 saturated carbocycles. The number of benzene rings is 2. The molecule has 2 heterocycles. The van der Waals surface area contributed by atoms with Gasteiger partial charge in [0.15, 0.2) is 6.61 Å². The normalized spacial score (nSPS) is 14.1. The largest absolute Gasteiger partial charge is 0.497 e. The second kappa shape index (κ2) is 9.52. The third-order valence-electron chi connectivity index (χ3n) is 6.44. The topological polar surface area (TPSA) is 96.2 Å². The van der Waals surface area contributed by atoms with Crippen LogP contribution >= 0.6 is 0 Å². The van der Waals surface area contributed by atoms with E-state index in [1.54, 1.807) is 39.3 Å². The minimum Gasteiger partial charge on any atom is -0.497 e. The molecular formula is C27H31NO7. The Balaban J connectivity index is 1.58. The lowest BCUT2D eigenvalue weighted by molar-refractivity contribution is -0.123. The molecule has 0 spiro atoms. The zero-order valence-corrected chi connectivity index (χ0v) is 21.0. The molecule has 1 N–H and O–H groups in total. The lowest BCUT2D eigenvalue weighted by atomic mass is 9.92. The predicted octanol–water partition coefficient (Wildman–Crippen LogP) is 4.23. The third kappa shape index (κ3) is 4.92. The van der Waals surface area contributed by atoms with Gasteiger partial charge in [0.2, 0.25) is 0 Å². The smallest absolute Gasteiger partial charge is 0.339 e. The van der Waals surface area contributed by atoms with E-state index in [2.05, 4.69) is 5.32 Å². The van der Waals surface area contributed by atoms with Crippen LogP contribution in [0.1, 0.15) is 42.5 Å². The molecule has 8 nitrogen and oxygen atoms in total. The Kier molecular flexibility index (Phi) is 6.65. The molecule has 0 saturated heterocycles. The maximum Gasteiger partial charge on any atom is 0.339 e. The van der Waals surface area contributed by atoms with Gasteiger partial charge in [-0.2, -0.15) is 0 Å². The van der Waals surface area contributed by atoms with E-state index >= 15 is 0 Å². The van der Waals surface area contributed by atoms with E-state index in [-0.39, 0.29) is 30.3 Å². The van der Waals surface area contributed by atoms with Crippen LogP contribution in [0, 0.1) is 13.8 Å². The summed E-state index contributed by atoms with van der Waals surface area (Å²) in [6.45, 7) is 7.66. The van der Waals surface area contributed by atoms with Crippen LogP contribution in [-0.4, -0.2) is 32.3 Å². The quantitative estimate of drug-likeness (QED) is 0.505. The van der Waals surface area contributed by atoms with E-state index in [0.717, 1.165) is 23.1 Å². The van der Waals surface area contributed by atoms with E-state index in [0.29, 0.717) is 46.0 Å². The summed E-state index contributed by atoms with van der Waals surface area (Å²) in [6.07, 6.45) is 1.51. The molecule has 0 atom stereocenters. The van der Waals surface area contributed by atoms with Crippen molar-refractivity contribution < 1.29 is 28.2 Å². The Hall–Kier alpha value is -3.68.